The summed E-state index contributed by atoms with van der Waals surface area (Å²) in [4.78, 5) is 35.3. The maximum absolute atomic E-state index is 13.1. The zero-order valence-electron chi connectivity index (χ0n) is 18.1. The van der Waals surface area contributed by atoms with Crippen molar-refractivity contribution in [1.29, 1.82) is 0 Å². The van der Waals surface area contributed by atoms with Gasteiger partial charge in [-0.1, -0.05) is 35.3 Å². The molecule has 0 radical (unpaired) electrons. The molecule has 2 aromatic carbocycles. The molecule has 3 N–H and O–H groups in total. The highest BCUT2D eigenvalue weighted by Crippen LogP contribution is 2.42. The number of halogens is 2. The fourth-order valence-corrected chi connectivity index (χ4v) is 4.22. The van der Waals surface area contributed by atoms with Crippen molar-refractivity contribution in [3.8, 4) is 5.75 Å². The number of anilines is 4. The molecule has 1 aliphatic rings. The number of carbonyl (C=O) groups is 2. The second kappa shape index (κ2) is 9.74. The van der Waals surface area contributed by atoms with E-state index in [9.17, 15) is 14.7 Å². The highest BCUT2D eigenvalue weighted by molar-refractivity contribution is 6.41. The van der Waals surface area contributed by atoms with Gasteiger partial charge in [-0.05, 0) is 42.7 Å². The number of amides is 2. The van der Waals surface area contributed by atoms with Crippen LogP contribution in [0.4, 0.5) is 27.9 Å². The number of carboxylic acids is 1. The van der Waals surface area contributed by atoms with Crippen LogP contribution in [-0.2, 0) is 17.8 Å². The number of carbonyl (C=O) groups excluding carboxylic acids is 1. The minimum atomic E-state index is -0.803. The van der Waals surface area contributed by atoms with Crippen molar-refractivity contribution < 1.29 is 19.8 Å². The van der Waals surface area contributed by atoms with Crippen LogP contribution < -0.4 is 15.1 Å². The Bertz CT molecular complexity index is 1250. The summed E-state index contributed by atoms with van der Waals surface area (Å²) in [7, 11) is 1.58. The summed E-state index contributed by atoms with van der Waals surface area (Å²) < 4.78 is 0. The van der Waals surface area contributed by atoms with Gasteiger partial charge in [-0.3, -0.25) is 14.6 Å². The van der Waals surface area contributed by atoms with Crippen LogP contribution in [-0.4, -0.2) is 39.2 Å². The molecule has 0 saturated carbocycles. The lowest BCUT2D eigenvalue weighted by Crippen LogP contribution is -2.46. The van der Waals surface area contributed by atoms with Crippen molar-refractivity contribution >= 4 is 58.3 Å². The molecule has 2 heterocycles. The largest absolute Gasteiger partial charge is 0.506 e. The minimum absolute atomic E-state index is 0.0108. The van der Waals surface area contributed by atoms with Gasteiger partial charge in [-0.2, -0.15) is 4.98 Å². The van der Waals surface area contributed by atoms with Crippen LogP contribution in [0.3, 0.4) is 0 Å². The van der Waals surface area contributed by atoms with Crippen molar-refractivity contribution in [2.24, 2.45) is 0 Å². The van der Waals surface area contributed by atoms with Crippen LogP contribution in [0.15, 0.2) is 42.6 Å². The number of phenolic OH excluding ortho intramolecular Hbond substituents is 1. The summed E-state index contributed by atoms with van der Waals surface area (Å²) in [5, 5.41) is 22.1. The summed E-state index contributed by atoms with van der Waals surface area (Å²) in [6.45, 7) is 0.132. The quantitative estimate of drug-likeness (QED) is 0.406. The Labute approximate surface area is 205 Å². The standard InChI is InChI=1S/C23H21Cl2N5O4/c1-29-21-14(12-30(23(29)34)20-16(24)9-10-17(31)19(20)25)11-26-22(28-21)27-15-7-5-13(6-8-15)3-2-4-18(32)33/h5-11,31H,2-4,12H2,1H3,(H,32,33)(H,26,27,28). The number of nitrogens with one attached hydrogen (secondary N) is 1. The van der Waals surface area contributed by atoms with Gasteiger partial charge in [0.15, 0.2) is 0 Å². The van der Waals surface area contributed by atoms with Crippen molar-refractivity contribution in [3.63, 3.8) is 0 Å². The second-order valence-electron chi connectivity index (χ2n) is 7.77. The van der Waals surface area contributed by atoms with Gasteiger partial charge in [0.25, 0.3) is 0 Å². The Hall–Kier alpha value is -3.56. The van der Waals surface area contributed by atoms with E-state index in [1.807, 2.05) is 24.3 Å². The van der Waals surface area contributed by atoms with E-state index in [0.29, 0.717) is 30.2 Å². The number of aryl methyl sites for hydroxylation is 1. The molecule has 176 valence electrons. The number of carboxylic acid groups (broad SMARTS) is 1. The molecule has 0 fully saturated rings. The van der Waals surface area contributed by atoms with Gasteiger partial charge in [-0.25, -0.2) is 9.78 Å². The van der Waals surface area contributed by atoms with Gasteiger partial charge in [0, 0.05) is 30.9 Å². The summed E-state index contributed by atoms with van der Waals surface area (Å²) in [5.74, 6) is -0.219. The lowest BCUT2D eigenvalue weighted by molar-refractivity contribution is -0.137. The van der Waals surface area contributed by atoms with Crippen LogP contribution in [0.5, 0.6) is 5.75 Å². The number of fused-ring (bicyclic) bond motifs is 1. The maximum Gasteiger partial charge on any atom is 0.330 e. The number of urea groups is 1. The Balaban J connectivity index is 1.52. The highest BCUT2D eigenvalue weighted by Gasteiger charge is 2.33. The number of phenols is 1. The van der Waals surface area contributed by atoms with Gasteiger partial charge in [0.05, 0.1) is 17.3 Å². The molecule has 4 rings (SSSR count). The third kappa shape index (κ3) is 4.85. The predicted octanol–water partition coefficient (Wildman–Crippen LogP) is 5.22. The van der Waals surface area contributed by atoms with Crippen LogP contribution in [0.2, 0.25) is 10.0 Å². The summed E-state index contributed by atoms with van der Waals surface area (Å²) >= 11 is 12.5. The summed E-state index contributed by atoms with van der Waals surface area (Å²) in [6.07, 6.45) is 3.01. The SMILES string of the molecule is CN1C(=O)N(c2c(Cl)ccc(O)c2Cl)Cc2cnc(Nc3ccc(CCCC(=O)O)cc3)nc21. The van der Waals surface area contributed by atoms with E-state index in [0.717, 1.165) is 11.3 Å². The van der Waals surface area contributed by atoms with Crippen molar-refractivity contribution in [2.75, 3.05) is 22.2 Å². The summed E-state index contributed by atoms with van der Waals surface area (Å²) in [6, 6.07) is 9.99. The molecule has 34 heavy (non-hydrogen) atoms. The van der Waals surface area contributed by atoms with Crippen molar-refractivity contribution in [3.05, 3.63) is 63.8 Å². The van der Waals surface area contributed by atoms with E-state index in [-0.39, 0.29) is 34.4 Å². The highest BCUT2D eigenvalue weighted by atomic mass is 35.5. The lowest BCUT2D eigenvalue weighted by Gasteiger charge is -2.34. The average molecular weight is 502 g/mol. The number of aromatic nitrogens is 2. The molecule has 0 unspecified atom stereocenters. The molecule has 1 aromatic heterocycles. The number of benzene rings is 2. The third-order valence-electron chi connectivity index (χ3n) is 5.39. The molecule has 0 bridgehead atoms. The van der Waals surface area contributed by atoms with Crippen LogP contribution >= 0.6 is 23.2 Å². The zero-order chi connectivity index (χ0) is 24.4. The fourth-order valence-electron chi connectivity index (χ4n) is 3.65. The van der Waals surface area contributed by atoms with Crippen LogP contribution in [0.25, 0.3) is 0 Å². The molecule has 0 spiro atoms. The zero-order valence-corrected chi connectivity index (χ0v) is 19.6. The molecular weight excluding hydrogens is 481 g/mol. The second-order valence-corrected chi connectivity index (χ2v) is 8.55. The van der Waals surface area contributed by atoms with E-state index >= 15 is 0 Å². The van der Waals surface area contributed by atoms with Gasteiger partial charge in [0.2, 0.25) is 5.95 Å². The first-order chi connectivity index (χ1) is 16.2. The topological polar surface area (TPSA) is 119 Å². The van der Waals surface area contributed by atoms with Crippen molar-refractivity contribution in [1.82, 2.24) is 9.97 Å². The Morgan fingerprint density at radius 3 is 2.62 bits per heavy atom. The van der Waals surface area contributed by atoms with E-state index in [1.165, 1.54) is 21.9 Å². The van der Waals surface area contributed by atoms with Crippen LogP contribution in [0.1, 0.15) is 24.0 Å². The molecule has 9 nitrogen and oxygen atoms in total. The number of aliphatic carboxylic acids is 1. The predicted molar refractivity (Wildman–Crippen MR) is 130 cm³/mol. The molecule has 11 heteroatoms. The molecule has 3 aromatic rings. The molecule has 1 aliphatic heterocycles. The minimum Gasteiger partial charge on any atom is -0.506 e. The molecule has 0 aliphatic carbocycles. The van der Waals surface area contributed by atoms with E-state index in [2.05, 4.69) is 15.3 Å². The number of aromatic hydroxyl groups is 1. The van der Waals surface area contributed by atoms with Gasteiger partial charge >= 0.3 is 12.0 Å². The number of rotatable bonds is 7. The Morgan fingerprint density at radius 1 is 1.18 bits per heavy atom. The third-order valence-corrected chi connectivity index (χ3v) is 6.07. The smallest absolute Gasteiger partial charge is 0.330 e. The molecule has 0 saturated heterocycles. The first kappa shape index (κ1) is 23.6. The summed E-state index contributed by atoms with van der Waals surface area (Å²) in [5.41, 5.74) is 2.69. The fraction of sp³-hybridized carbons (Fsp3) is 0.217. The van der Waals surface area contributed by atoms with Crippen molar-refractivity contribution in [2.45, 2.75) is 25.8 Å². The van der Waals surface area contributed by atoms with Crippen LogP contribution in [0, 0.1) is 0 Å². The molecule has 0 atom stereocenters. The van der Waals surface area contributed by atoms with Gasteiger partial charge in [-0.15, -0.1) is 0 Å². The Kier molecular flexibility index (Phi) is 6.76. The Morgan fingerprint density at radius 2 is 1.91 bits per heavy atom. The van der Waals surface area contributed by atoms with E-state index in [4.69, 9.17) is 28.3 Å². The lowest BCUT2D eigenvalue weighted by atomic mass is 10.1. The first-order valence-electron chi connectivity index (χ1n) is 10.4. The monoisotopic (exact) mass is 501 g/mol. The van der Waals surface area contributed by atoms with Gasteiger partial charge < -0.3 is 15.5 Å². The molecular formula is C23H21Cl2N5O4. The van der Waals surface area contributed by atoms with E-state index in [1.54, 1.807) is 13.2 Å². The first-order valence-corrected chi connectivity index (χ1v) is 11.2. The molecule has 2 amide bonds. The maximum atomic E-state index is 13.1. The normalized spacial score (nSPS) is 13.1. The number of hydrogen-bond donors (Lipinski definition) is 3. The average Bonchev–Trinajstić information content (AvgIpc) is 2.81. The van der Waals surface area contributed by atoms with Gasteiger partial charge in [0.1, 0.15) is 16.6 Å². The number of nitrogens with zero attached hydrogens (tertiary/aromatic N) is 4. The van der Waals surface area contributed by atoms with E-state index < -0.39 is 12.0 Å². The number of hydrogen-bond acceptors (Lipinski definition) is 6.